The minimum absolute atomic E-state index is 0.0665. The summed E-state index contributed by atoms with van der Waals surface area (Å²) in [4.78, 5) is 23.9. The molecule has 2 aromatic rings. The number of benzene rings is 2. The smallest absolute Gasteiger partial charge is 0.170 e. The molecule has 0 saturated carbocycles. The van der Waals surface area contributed by atoms with Gasteiger partial charge in [0.1, 0.15) is 5.78 Å². The summed E-state index contributed by atoms with van der Waals surface area (Å²) in [6, 6.07) is 13.8. The predicted octanol–water partition coefficient (Wildman–Crippen LogP) is 3.18. The molecule has 1 N–H and O–H groups in total. The Kier molecular flexibility index (Phi) is 5.31. The molecule has 0 bridgehead atoms. The number of aromatic hydroxyl groups is 1. The second kappa shape index (κ2) is 7.41. The maximum atomic E-state index is 11.9. The van der Waals surface area contributed by atoms with Gasteiger partial charge in [-0.3, -0.25) is 9.59 Å². The van der Waals surface area contributed by atoms with Crippen LogP contribution in [0.5, 0.6) is 11.5 Å². The van der Waals surface area contributed by atoms with E-state index in [-0.39, 0.29) is 30.2 Å². The van der Waals surface area contributed by atoms with Crippen molar-refractivity contribution in [2.24, 2.45) is 0 Å². The molecule has 0 aliphatic rings. The maximum absolute atomic E-state index is 11.9. The number of ether oxygens (including phenoxy) is 1. The van der Waals surface area contributed by atoms with Crippen molar-refractivity contribution in [3.63, 3.8) is 0 Å². The highest BCUT2D eigenvalue weighted by molar-refractivity contribution is 6.07. The summed E-state index contributed by atoms with van der Waals surface area (Å²) in [5.74, 6) is 0.192. The first kappa shape index (κ1) is 15.8. The van der Waals surface area contributed by atoms with E-state index in [1.165, 1.54) is 13.2 Å². The first-order chi connectivity index (χ1) is 10.6. The number of Topliss-reactive ketones (excluding diaryl/α,β-unsaturated/α-hetero) is 2. The van der Waals surface area contributed by atoms with Crippen LogP contribution in [-0.4, -0.2) is 23.8 Å². The number of ketones is 2. The van der Waals surface area contributed by atoms with Gasteiger partial charge in [0.25, 0.3) is 0 Å². The van der Waals surface area contributed by atoms with Crippen LogP contribution in [0.4, 0.5) is 0 Å². The van der Waals surface area contributed by atoms with Gasteiger partial charge in [0, 0.05) is 12.0 Å². The second-order valence-corrected chi connectivity index (χ2v) is 5.01. The first-order valence-electron chi connectivity index (χ1n) is 7.06. The third kappa shape index (κ3) is 4.19. The molecule has 0 heterocycles. The SMILES string of the molecule is COc1cc(CCC(=O)CC(=O)c2ccccc2)ccc1O. The Bertz CT molecular complexity index is 662. The number of aryl methyl sites for hydroxylation is 1. The fourth-order valence-electron chi connectivity index (χ4n) is 2.15. The van der Waals surface area contributed by atoms with Gasteiger partial charge in [0.05, 0.1) is 13.5 Å². The zero-order valence-electron chi connectivity index (χ0n) is 12.4. The number of methoxy groups -OCH3 is 1. The van der Waals surface area contributed by atoms with Gasteiger partial charge in [-0.2, -0.15) is 0 Å². The molecule has 22 heavy (non-hydrogen) atoms. The molecule has 4 nitrogen and oxygen atoms in total. The lowest BCUT2D eigenvalue weighted by molar-refractivity contribution is -0.118. The molecule has 0 fully saturated rings. The van der Waals surface area contributed by atoms with Crippen molar-refractivity contribution >= 4 is 11.6 Å². The molecular formula is C18H18O4. The number of rotatable bonds is 7. The molecule has 0 atom stereocenters. The van der Waals surface area contributed by atoms with Crippen molar-refractivity contribution in [2.75, 3.05) is 7.11 Å². The molecule has 0 unspecified atom stereocenters. The molecule has 0 spiro atoms. The minimum Gasteiger partial charge on any atom is -0.504 e. The van der Waals surface area contributed by atoms with Crippen molar-refractivity contribution in [3.8, 4) is 11.5 Å². The van der Waals surface area contributed by atoms with Crippen LogP contribution in [0.15, 0.2) is 48.5 Å². The summed E-state index contributed by atoms with van der Waals surface area (Å²) in [7, 11) is 1.47. The summed E-state index contributed by atoms with van der Waals surface area (Å²) in [6.07, 6.45) is 0.712. The highest BCUT2D eigenvalue weighted by atomic mass is 16.5. The van der Waals surface area contributed by atoms with Gasteiger partial charge in [-0.1, -0.05) is 36.4 Å². The monoisotopic (exact) mass is 298 g/mol. The molecular weight excluding hydrogens is 280 g/mol. The highest BCUT2D eigenvalue weighted by Gasteiger charge is 2.12. The molecule has 0 aromatic heterocycles. The Morgan fingerprint density at radius 1 is 1.09 bits per heavy atom. The topological polar surface area (TPSA) is 63.6 Å². The van der Waals surface area contributed by atoms with E-state index in [1.54, 1.807) is 36.4 Å². The summed E-state index contributed by atoms with van der Waals surface area (Å²) < 4.78 is 5.03. The Morgan fingerprint density at radius 2 is 1.82 bits per heavy atom. The van der Waals surface area contributed by atoms with Crippen LogP contribution < -0.4 is 4.74 Å². The van der Waals surface area contributed by atoms with Gasteiger partial charge in [-0.05, 0) is 24.1 Å². The van der Waals surface area contributed by atoms with E-state index in [4.69, 9.17) is 4.74 Å². The molecule has 114 valence electrons. The fraction of sp³-hybridized carbons (Fsp3) is 0.222. The number of hydrogen-bond donors (Lipinski definition) is 1. The number of phenols is 1. The maximum Gasteiger partial charge on any atom is 0.170 e. The average Bonchev–Trinajstić information content (AvgIpc) is 2.55. The molecule has 2 rings (SSSR count). The lowest BCUT2D eigenvalue weighted by atomic mass is 10.0. The summed E-state index contributed by atoms with van der Waals surface area (Å²) in [5, 5.41) is 9.52. The van der Waals surface area contributed by atoms with E-state index in [1.807, 2.05) is 6.07 Å². The fourth-order valence-corrected chi connectivity index (χ4v) is 2.15. The van der Waals surface area contributed by atoms with E-state index in [0.29, 0.717) is 17.7 Å². The van der Waals surface area contributed by atoms with E-state index < -0.39 is 0 Å². The van der Waals surface area contributed by atoms with E-state index in [9.17, 15) is 14.7 Å². The van der Waals surface area contributed by atoms with Gasteiger partial charge in [-0.15, -0.1) is 0 Å². The lowest BCUT2D eigenvalue weighted by Gasteiger charge is -2.06. The number of carbonyl (C=O) groups is 2. The van der Waals surface area contributed by atoms with Gasteiger partial charge < -0.3 is 9.84 Å². The van der Waals surface area contributed by atoms with Crippen molar-refractivity contribution in [1.29, 1.82) is 0 Å². The first-order valence-corrected chi connectivity index (χ1v) is 7.06. The molecule has 0 aliphatic carbocycles. The van der Waals surface area contributed by atoms with Gasteiger partial charge in [0.2, 0.25) is 0 Å². The van der Waals surface area contributed by atoms with E-state index in [2.05, 4.69) is 0 Å². The largest absolute Gasteiger partial charge is 0.504 e. The minimum atomic E-state index is -0.158. The molecule has 0 radical (unpaired) electrons. The Balaban J connectivity index is 1.89. The van der Waals surface area contributed by atoms with E-state index in [0.717, 1.165) is 5.56 Å². The van der Waals surface area contributed by atoms with Crippen LogP contribution in [-0.2, 0) is 11.2 Å². The molecule has 2 aromatic carbocycles. The van der Waals surface area contributed by atoms with Crippen molar-refractivity contribution in [3.05, 3.63) is 59.7 Å². The Labute approximate surface area is 129 Å². The average molecular weight is 298 g/mol. The third-order valence-corrected chi connectivity index (χ3v) is 3.39. The van der Waals surface area contributed by atoms with Gasteiger partial charge in [-0.25, -0.2) is 0 Å². The molecule has 0 saturated heterocycles. The Hall–Kier alpha value is -2.62. The summed E-state index contributed by atoms with van der Waals surface area (Å²) >= 11 is 0. The van der Waals surface area contributed by atoms with Crippen molar-refractivity contribution < 1.29 is 19.4 Å². The van der Waals surface area contributed by atoms with Gasteiger partial charge >= 0.3 is 0 Å². The van der Waals surface area contributed by atoms with Crippen molar-refractivity contribution in [1.82, 2.24) is 0 Å². The van der Waals surface area contributed by atoms with Gasteiger partial charge in [0.15, 0.2) is 17.3 Å². The van der Waals surface area contributed by atoms with Crippen LogP contribution >= 0.6 is 0 Å². The predicted molar refractivity (Wildman–Crippen MR) is 83.4 cm³/mol. The lowest BCUT2D eigenvalue weighted by Crippen LogP contribution is -2.09. The highest BCUT2D eigenvalue weighted by Crippen LogP contribution is 2.26. The molecule has 0 aliphatic heterocycles. The van der Waals surface area contributed by atoms with Crippen LogP contribution in [0.3, 0.4) is 0 Å². The zero-order valence-corrected chi connectivity index (χ0v) is 12.4. The van der Waals surface area contributed by atoms with Crippen LogP contribution in [0.2, 0.25) is 0 Å². The summed E-state index contributed by atoms with van der Waals surface area (Å²) in [6.45, 7) is 0. The van der Waals surface area contributed by atoms with Crippen LogP contribution in [0, 0.1) is 0 Å². The van der Waals surface area contributed by atoms with E-state index >= 15 is 0 Å². The van der Waals surface area contributed by atoms with Crippen molar-refractivity contribution in [2.45, 2.75) is 19.3 Å². The zero-order chi connectivity index (χ0) is 15.9. The summed E-state index contributed by atoms with van der Waals surface area (Å²) in [5.41, 5.74) is 1.44. The second-order valence-electron chi connectivity index (χ2n) is 5.01. The quantitative estimate of drug-likeness (QED) is 0.630. The normalized spacial score (nSPS) is 10.2. The third-order valence-electron chi connectivity index (χ3n) is 3.39. The number of carbonyl (C=O) groups excluding carboxylic acids is 2. The van der Waals surface area contributed by atoms with Crippen LogP contribution in [0.1, 0.15) is 28.8 Å². The van der Waals surface area contributed by atoms with Crippen LogP contribution in [0.25, 0.3) is 0 Å². The molecule has 4 heteroatoms. The number of phenolic OH excluding ortho intramolecular Hbond substituents is 1. The standard InChI is InChI=1S/C18H18O4/c1-22-18-11-13(8-10-16(18)20)7-9-15(19)12-17(21)14-5-3-2-4-6-14/h2-6,8,10-11,20H,7,9,12H2,1H3. The molecule has 0 amide bonds. The Morgan fingerprint density at radius 3 is 2.50 bits per heavy atom. The number of hydrogen-bond acceptors (Lipinski definition) is 4.